The van der Waals surface area contributed by atoms with Crippen LogP contribution in [-0.4, -0.2) is 35.4 Å². The first kappa shape index (κ1) is 20.9. The van der Waals surface area contributed by atoms with E-state index in [2.05, 4.69) is 11.9 Å². The molecule has 0 atom stereocenters. The SMILES string of the molecule is C=CCn1c(C)cc(C(=O)COC(=O)CNC(=O)C23CC4CC(CC(C4)C2)C3)c1C. The average Bonchev–Trinajstić information content (AvgIpc) is 2.98. The molecule has 0 aromatic carbocycles. The average molecular weight is 413 g/mol. The van der Waals surface area contributed by atoms with Gasteiger partial charge < -0.3 is 14.6 Å². The molecule has 0 aliphatic heterocycles. The molecule has 6 nitrogen and oxygen atoms in total. The number of esters is 1. The second-order valence-corrected chi connectivity index (χ2v) is 9.65. The molecular formula is C24H32N2O4. The van der Waals surface area contributed by atoms with Gasteiger partial charge >= 0.3 is 5.97 Å². The molecule has 1 N–H and O–H groups in total. The molecule has 1 heterocycles. The molecule has 6 heteroatoms. The van der Waals surface area contributed by atoms with E-state index in [1.165, 1.54) is 19.3 Å². The molecular weight excluding hydrogens is 380 g/mol. The lowest BCUT2D eigenvalue weighted by molar-refractivity contribution is -0.150. The van der Waals surface area contributed by atoms with Crippen molar-refractivity contribution in [2.24, 2.45) is 23.2 Å². The second kappa shape index (κ2) is 8.05. The van der Waals surface area contributed by atoms with Gasteiger partial charge in [0.15, 0.2) is 6.61 Å². The Hall–Kier alpha value is -2.37. The minimum Gasteiger partial charge on any atom is -0.456 e. The van der Waals surface area contributed by atoms with Crippen LogP contribution < -0.4 is 5.32 Å². The molecule has 1 aromatic heterocycles. The molecule has 0 radical (unpaired) electrons. The van der Waals surface area contributed by atoms with Gasteiger partial charge in [-0.05, 0) is 76.2 Å². The van der Waals surface area contributed by atoms with E-state index in [9.17, 15) is 14.4 Å². The fraction of sp³-hybridized carbons (Fsp3) is 0.625. The third-order valence-corrected chi connectivity index (χ3v) is 7.46. The highest BCUT2D eigenvalue weighted by Crippen LogP contribution is 2.60. The van der Waals surface area contributed by atoms with Crippen molar-refractivity contribution < 1.29 is 19.1 Å². The van der Waals surface area contributed by atoms with Gasteiger partial charge in [-0.3, -0.25) is 14.4 Å². The van der Waals surface area contributed by atoms with E-state index < -0.39 is 5.97 Å². The highest BCUT2D eigenvalue weighted by Gasteiger charge is 2.54. The van der Waals surface area contributed by atoms with E-state index in [0.29, 0.717) is 29.9 Å². The minimum absolute atomic E-state index is 0.00199. The molecule has 4 bridgehead atoms. The summed E-state index contributed by atoms with van der Waals surface area (Å²) < 4.78 is 7.15. The number of carbonyl (C=O) groups excluding carboxylic acids is 3. The molecule has 0 spiro atoms. The lowest BCUT2D eigenvalue weighted by Gasteiger charge is -2.55. The third kappa shape index (κ3) is 3.84. The Morgan fingerprint density at radius 3 is 2.33 bits per heavy atom. The number of Topliss-reactive ketones (excluding diaryl/α,β-unsaturated/α-hetero) is 1. The molecule has 1 amide bonds. The maximum absolute atomic E-state index is 12.9. The number of ketones is 1. The Morgan fingerprint density at radius 1 is 1.17 bits per heavy atom. The molecule has 162 valence electrons. The standard InChI is InChI=1S/C24H32N2O4/c1-4-5-26-15(2)6-20(16(26)3)21(27)14-30-22(28)13-25-23(29)24-10-17-7-18(11-24)9-19(8-17)12-24/h4,6,17-19H,1,5,7-14H2,2-3H3,(H,25,29). The Bertz CT molecular complexity index is 847. The lowest BCUT2D eigenvalue weighted by Crippen LogP contribution is -2.54. The van der Waals surface area contributed by atoms with Crippen LogP contribution in [0.4, 0.5) is 0 Å². The molecule has 4 aliphatic carbocycles. The summed E-state index contributed by atoms with van der Waals surface area (Å²) in [6.45, 7) is 7.67. The summed E-state index contributed by atoms with van der Waals surface area (Å²) >= 11 is 0. The van der Waals surface area contributed by atoms with Crippen LogP contribution in [0.3, 0.4) is 0 Å². The van der Waals surface area contributed by atoms with Crippen LogP contribution in [0.5, 0.6) is 0 Å². The number of nitrogens with zero attached hydrogens (tertiary/aromatic N) is 1. The predicted molar refractivity (Wildman–Crippen MR) is 113 cm³/mol. The summed E-state index contributed by atoms with van der Waals surface area (Å²) in [5.74, 6) is 1.21. The van der Waals surface area contributed by atoms with Gasteiger partial charge in [-0.25, -0.2) is 0 Å². The molecule has 4 saturated carbocycles. The summed E-state index contributed by atoms with van der Waals surface area (Å²) in [4.78, 5) is 37.6. The van der Waals surface area contributed by atoms with Gasteiger partial charge in [0.25, 0.3) is 0 Å². The smallest absolute Gasteiger partial charge is 0.325 e. The van der Waals surface area contributed by atoms with Crippen LogP contribution in [-0.2, 0) is 20.9 Å². The summed E-state index contributed by atoms with van der Waals surface area (Å²) in [5.41, 5.74) is 2.07. The largest absolute Gasteiger partial charge is 0.456 e. The zero-order valence-corrected chi connectivity index (χ0v) is 18.0. The van der Waals surface area contributed by atoms with Gasteiger partial charge in [0.05, 0.1) is 0 Å². The van der Waals surface area contributed by atoms with Crippen LogP contribution in [0.1, 0.15) is 60.3 Å². The van der Waals surface area contributed by atoms with E-state index in [-0.39, 0.29) is 30.3 Å². The van der Waals surface area contributed by atoms with E-state index in [1.54, 1.807) is 6.08 Å². The van der Waals surface area contributed by atoms with E-state index in [4.69, 9.17) is 4.74 Å². The zero-order chi connectivity index (χ0) is 21.5. The number of aryl methyl sites for hydroxylation is 1. The predicted octanol–water partition coefficient (Wildman–Crippen LogP) is 3.35. The van der Waals surface area contributed by atoms with Crippen LogP contribution in [0.2, 0.25) is 0 Å². The fourth-order valence-electron chi connectivity index (χ4n) is 6.50. The Morgan fingerprint density at radius 2 is 1.77 bits per heavy atom. The monoisotopic (exact) mass is 412 g/mol. The zero-order valence-electron chi connectivity index (χ0n) is 18.0. The van der Waals surface area contributed by atoms with Gasteiger partial charge in [-0.15, -0.1) is 6.58 Å². The van der Waals surface area contributed by atoms with Crippen LogP contribution in [0.15, 0.2) is 18.7 Å². The van der Waals surface area contributed by atoms with Crippen molar-refractivity contribution in [2.45, 2.75) is 58.9 Å². The van der Waals surface area contributed by atoms with Crippen molar-refractivity contribution in [2.75, 3.05) is 13.2 Å². The summed E-state index contributed by atoms with van der Waals surface area (Å²) in [6.07, 6.45) is 8.45. The highest BCUT2D eigenvalue weighted by molar-refractivity contribution is 5.99. The quantitative estimate of drug-likeness (QED) is 0.404. The normalized spacial score (nSPS) is 28.9. The molecule has 30 heavy (non-hydrogen) atoms. The molecule has 0 saturated heterocycles. The molecule has 4 aliphatic rings. The Kier molecular flexibility index (Phi) is 5.60. The Labute approximate surface area is 178 Å². The van der Waals surface area contributed by atoms with Crippen LogP contribution in [0, 0.1) is 37.0 Å². The topological polar surface area (TPSA) is 77.4 Å². The van der Waals surface area contributed by atoms with Crippen LogP contribution >= 0.6 is 0 Å². The van der Waals surface area contributed by atoms with E-state index in [0.717, 1.165) is 30.7 Å². The molecule has 1 aromatic rings. The van der Waals surface area contributed by atoms with Crippen molar-refractivity contribution in [3.63, 3.8) is 0 Å². The second-order valence-electron chi connectivity index (χ2n) is 9.65. The number of rotatable bonds is 8. The summed E-state index contributed by atoms with van der Waals surface area (Å²) in [5, 5.41) is 2.80. The molecule has 4 fully saturated rings. The first-order valence-corrected chi connectivity index (χ1v) is 11.1. The van der Waals surface area contributed by atoms with Gasteiger partial charge in [0.1, 0.15) is 6.54 Å². The number of allylic oxidation sites excluding steroid dienone is 1. The Balaban J connectivity index is 1.27. The summed E-state index contributed by atoms with van der Waals surface area (Å²) in [7, 11) is 0. The maximum atomic E-state index is 12.9. The van der Waals surface area contributed by atoms with Crippen molar-refractivity contribution in [1.82, 2.24) is 9.88 Å². The van der Waals surface area contributed by atoms with E-state index in [1.807, 2.05) is 24.5 Å². The number of amides is 1. The summed E-state index contributed by atoms with van der Waals surface area (Å²) in [6, 6.07) is 1.81. The first-order chi connectivity index (χ1) is 14.3. The van der Waals surface area contributed by atoms with E-state index >= 15 is 0 Å². The molecule has 5 rings (SSSR count). The number of carbonyl (C=O) groups is 3. The number of hydrogen-bond donors (Lipinski definition) is 1. The lowest BCUT2D eigenvalue weighted by atomic mass is 9.49. The molecule has 0 unspecified atom stereocenters. The van der Waals surface area contributed by atoms with Crippen molar-refractivity contribution in [3.05, 3.63) is 35.7 Å². The number of ether oxygens (including phenoxy) is 1. The van der Waals surface area contributed by atoms with Gasteiger partial charge in [0, 0.05) is 28.9 Å². The third-order valence-electron chi connectivity index (χ3n) is 7.46. The van der Waals surface area contributed by atoms with Gasteiger partial charge in [-0.2, -0.15) is 0 Å². The number of aromatic nitrogens is 1. The van der Waals surface area contributed by atoms with Crippen molar-refractivity contribution in [3.8, 4) is 0 Å². The minimum atomic E-state index is -0.568. The highest BCUT2D eigenvalue weighted by atomic mass is 16.5. The van der Waals surface area contributed by atoms with Crippen molar-refractivity contribution >= 4 is 17.7 Å². The fourth-order valence-corrected chi connectivity index (χ4v) is 6.50. The first-order valence-electron chi connectivity index (χ1n) is 11.1. The van der Waals surface area contributed by atoms with Crippen LogP contribution in [0.25, 0.3) is 0 Å². The van der Waals surface area contributed by atoms with Gasteiger partial charge in [0.2, 0.25) is 11.7 Å². The van der Waals surface area contributed by atoms with Gasteiger partial charge in [-0.1, -0.05) is 6.08 Å². The maximum Gasteiger partial charge on any atom is 0.325 e. The van der Waals surface area contributed by atoms with Crippen molar-refractivity contribution in [1.29, 1.82) is 0 Å². The number of nitrogens with one attached hydrogen (secondary N) is 1. The number of hydrogen-bond acceptors (Lipinski definition) is 4.